The fourth-order valence-electron chi connectivity index (χ4n) is 4.04. The van der Waals surface area contributed by atoms with Crippen molar-refractivity contribution >= 4 is 5.91 Å². The van der Waals surface area contributed by atoms with Gasteiger partial charge >= 0.3 is 0 Å². The van der Waals surface area contributed by atoms with Crippen LogP contribution in [0.25, 0.3) is 0 Å². The number of rotatable bonds is 4. The molecule has 1 aromatic heterocycles. The fraction of sp³-hybridized carbons (Fsp3) is 0.500. The number of likely N-dealkylation sites (tertiary alicyclic amines) is 1. The van der Waals surface area contributed by atoms with Crippen molar-refractivity contribution in [2.45, 2.75) is 50.5 Å². The Kier molecular flexibility index (Phi) is 4.72. The molecule has 0 radical (unpaired) electrons. The van der Waals surface area contributed by atoms with Gasteiger partial charge < -0.3 is 9.64 Å². The smallest absolute Gasteiger partial charge is 0.257 e. The first-order valence-electron chi connectivity index (χ1n) is 9.35. The molecule has 2 aromatic rings. The number of aromatic amines is 1. The molecule has 1 saturated heterocycles. The highest BCUT2D eigenvalue weighted by molar-refractivity contribution is 5.95. The predicted molar refractivity (Wildman–Crippen MR) is 95.8 cm³/mol. The van der Waals surface area contributed by atoms with Gasteiger partial charge in [-0.1, -0.05) is 37.5 Å². The monoisotopic (exact) mass is 339 g/mol. The summed E-state index contributed by atoms with van der Waals surface area (Å²) < 4.78 is 6.00. The van der Waals surface area contributed by atoms with Gasteiger partial charge in [0.2, 0.25) is 0 Å². The van der Waals surface area contributed by atoms with Crippen molar-refractivity contribution in [2.24, 2.45) is 0 Å². The van der Waals surface area contributed by atoms with Gasteiger partial charge in [-0.25, -0.2) is 0 Å². The summed E-state index contributed by atoms with van der Waals surface area (Å²) in [5.74, 6) is 1.41. The summed E-state index contributed by atoms with van der Waals surface area (Å²) in [7, 11) is 0. The minimum atomic E-state index is 0.0661. The molecule has 1 aliphatic carbocycles. The zero-order valence-corrected chi connectivity index (χ0v) is 14.5. The Morgan fingerprint density at radius 2 is 1.92 bits per heavy atom. The number of carbonyl (C=O) groups is 1. The van der Waals surface area contributed by atoms with Crippen molar-refractivity contribution in [3.8, 4) is 5.75 Å². The molecule has 1 unspecified atom stereocenters. The van der Waals surface area contributed by atoms with Gasteiger partial charge in [-0.15, -0.1) is 0 Å². The van der Waals surface area contributed by atoms with Crippen LogP contribution in [0.2, 0.25) is 0 Å². The molecular formula is C20H25N3O2. The number of ether oxygens (including phenoxy) is 1. The van der Waals surface area contributed by atoms with Gasteiger partial charge in [-0.2, -0.15) is 5.10 Å². The second-order valence-electron chi connectivity index (χ2n) is 7.13. The minimum Gasteiger partial charge on any atom is -0.489 e. The average Bonchev–Trinajstić information content (AvgIpc) is 3.32. The third-order valence-corrected chi connectivity index (χ3v) is 5.39. The van der Waals surface area contributed by atoms with Crippen LogP contribution >= 0.6 is 0 Å². The van der Waals surface area contributed by atoms with Crippen molar-refractivity contribution in [2.75, 3.05) is 13.1 Å². The normalized spacial score (nSPS) is 21.4. The lowest BCUT2D eigenvalue weighted by Gasteiger charge is -2.23. The number of H-pyrrole nitrogens is 1. The molecule has 1 aliphatic heterocycles. The van der Waals surface area contributed by atoms with Crippen molar-refractivity contribution in [3.63, 3.8) is 0 Å². The number of benzene rings is 1. The SMILES string of the molecule is O=C(c1cn[nH]c1C1CCCCC1)N1CCC(Oc2ccccc2)C1. The Hall–Kier alpha value is -2.30. The van der Waals surface area contributed by atoms with Gasteiger partial charge in [-0.3, -0.25) is 9.89 Å². The molecule has 1 atom stereocenters. The van der Waals surface area contributed by atoms with Crippen LogP contribution in [0.15, 0.2) is 36.5 Å². The van der Waals surface area contributed by atoms with Crippen LogP contribution in [0, 0.1) is 0 Å². The Morgan fingerprint density at radius 3 is 2.72 bits per heavy atom. The number of carbonyl (C=O) groups excluding carboxylic acids is 1. The lowest BCUT2D eigenvalue weighted by atomic mass is 9.85. The van der Waals surface area contributed by atoms with E-state index in [-0.39, 0.29) is 12.0 Å². The molecule has 2 fully saturated rings. The Bertz CT molecular complexity index is 707. The van der Waals surface area contributed by atoms with E-state index in [1.165, 1.54) is 19.3 Å². The summed E-state index contributed by atoms with van der Waals surface area (Å²) in [6.07, 6.45) is 8.75. The topological polar surface area (TPSA) is 58.2 Å². The van der Waals surface area contributed by atoms with Crippen molar-refractivity contribution in [1.82, 2.24) is 15.1 Å². The predicted octanol–water partition coefficient (Wildman–Crippen LogP) is 3.75. The number of aromatic nitrogens is 2. The van der Waals surface area contributed by atoms with E-state index in [1.54, 1.807) is 6.20 Å². The number of hydrogen-bond donors (Lipinski definition) is 1. The first kappa shape index (κ1) is 16.2. The van der Waals surface area contributed by atoms with Crippen LogP contribution < -0.4 is 4.74 Å². The summed E-state index contributed by atoms with van der Waals surface area (Å²) in [4.78, 5) is 14.9. The zero-order valence-electron chi connectivity index (χ0n) is 14.5. The van der Waals surface area contributed by atoms with Crippen LogP contribution in [0.3, 0.4) is 0 Å². The van der Waals surface area contributed by atoms with Crippen molar-refractivity contribution < 1.29 is 9.53 Å². The van der Waals surface area contributed by atoms with Gasteiger partial charge in [0.15, 0.2) is 0 Å². The lowest BCUT2D eigenvalue weighted by Crippen LogP contribution is -2.31. The first-order valence-corrected chi connectivity index (χ1v) is 9.35. The molecule has 0 spiro atoms. The van der Waals surface area contributed by atoms with E-state index >= 15 is 0 Å². The molecule has 25 heavy (non-hydrogen) atoms. The van der Waals surface area contributed by atoms with Gasteiger partial charge in [0.25, 0.3) is 5.91 Å². The highest BCUT2D eigenvalue weighted by Crippen LogP contribution is 2.33. The lowest BCUT2D eigenvalue weighted by molar-refractivity contribution is 0.0770. The van der Waals surface area contributed by atoms with E-state index < -0.39 is 0 Å². The summed E-state index contributed by atoms with van der Waals surface area (Å²) in [6, 6.07) is 9.83. The average molecular weight is 339 g/mol. The molecule has 132 valence electrons. The van der Waals surface area contributed by atoms with Crippen LogP contribution in [0.1, 0.15) is 60.5 Å². The van der Waals surface area contributed by atoms with Crippen LogP contribution in [-0.2, 0) is 0 Å². The van der Waals surface area contributed by atoms with E-state index in [4.69, 9.17) is 4.74 Å². The van der Waals surface area contributed by atoms with E-state index in [0.29, 0.717) is 12.5 Å². The molecule has 5 nitrogen and oxygen atoms in total. The standard InChI is InChI=1S/C20H25N3O2/c24-20(18-13-21-22-19(18)15-7-3-1-4-8-15)23-12-11-17(14-23)25-16-9-5-2-6-10-16/h2,5-6,9-10,13,15,17H,1,3-4,7-8,11-12,14H2,(H,21,22). The molecule has 1 saturated carbocycles. The fourth-order valence-corrected chi connectivity index (χ4v) is 4.04. The van der Waals surface area contributed by atoms with Crippen LogP contribution in [-0.4, -0.2) is 40.2 Å². The Balaban J connectivity index is 1.41. The maximum atomic E-state index is 13.0. The Morgan fingerprint density at radius 1 is 1.12 bits per heavy atom. The van der Waals surface area contributed by atoms with Gasteiger partial charge in [0, 0.05) is 18.9 Å². The number of para-hydroxylation sites is 1. The number of amides is 1. The molecular weight excluding hydrogens is 314 g/mol. The molecule has 1 amide bonds. The summed E-state index contributed by atoms with van der Waals surface area (Å²) in [5.41, 5.74) is 1.80. The summed E-state index contributed by atoms with van der Waals surface area (Å²) >= 11 is 0. The maximum absolute atomic E-state index is 13.0. The van der Waals surface area contributed by atoms with E-state index in [0.717, 1.165) is 42.8 Å². The van der Waals surface area contributed by atoms with Gasteiger partial charge in [0.05, 0.1) is 24.0 Å². The summed E-state index contributed by atoms with van der Waals surface area (Å²) in [5, 5.41) is 7.27. The van der Waals surface area contributed by atoms with E-state index in [9.17, 15) is 4.79 Å². The molecule has 1 aromatic carbocycles. The largest absolute Gasteiger partial charge is 0.489 e. The second kappa shape index (κ2) is 7.30. The molecule has 0 bridgehead atoms. The molecule has 4 rings (SSSR count). The second-order valence-corrected chi connectivity index (χ2v) is 7.13. The zero-order chi connectivity index (χ0) is 17.1. The molecule has 2 heterocycles. The third kappa shape index (κ3) is 3.55. The van der Waals surface area contributed by atoms with E-state index in [1.807, 2.05) is 35.2 Å². The highest BCUT2D eigenvalue weighted by Gasteiger charge is 2.31. The van der Waals surface area contributed by atoms with Crippen LogP contribution in [0.4, 0.5) is 0 Å². The van der Waals surface area contributed by atoms with Crippen LogP contribution in [0.5, 0.6) is 5.75 Å². The maximum Gasteiger partial charge on any atom is 0.257 e. The number of nitrogens with zero attached hydrogens (tertiary/aromatic N) is 2. The molecule has 2 aliphatic rings. The third-order valence-electron chi connectivity index (χ3n) is 5.39. The van der Waals surface area contributed by atoms with Crippen molar-refractivity contribution in [1.29, 1.82) is 0 Å². The van der Waals surface area contributed by atoms with Gasteiger partial charge in [0.1, 0.15) is 11.9 Å². The summed E-state index contributed by atoms with van der Waals surface area (Å²) in [6.45, 7) is 1.38. The van der Waals surface area contributed by atoms with E-state index in [2.05, 4.69) is 10.2 Å². The number of nitrogens with one attached hydrogen (secondary N) is 1. The molecule has 5 heteroatoms. The Labute approximate surface area is 148 Å². The van der Waals surface area contributed by atoms with Gasteiger partial charge in [-0.05, 0) is 25.0 Å². The quantitative estimate of drug-likeness (QED) is 0.923. The van der Waals surface area contributed by atoms with Crippen molar-refractivity contribution in [3.05, 3.63) is 47.8 Å². The highest BCUT2D eigenvalue weighted by atomic mass is 16.5. The number of hydrogen-bond acceptors (Lipinski definition) is 3. The minimum absolute atomic E-state index is 0.0661. The molecule has 1 N–H and O–H groups in total. The first-order chi connectivity index (χ1) is 12.3.